The molecule has 0 spiro atoms. The van der Waals surface area contributed by atoms with Crippen molar-refractivity contribution >= 4 is 39.0 Å². The Balaban J connectivity index is 1.85. The van der Waals surface area contributed by atoms with Gasteiger partial charge in [-0.05, 0) is 43.1 Å². The Morgan fingerprint density at radius 2 is 1.85 bits per heavy atom. The number of halogens is 1. The first-order chi connectivity index (χ1) is 12.5. The fraction of sp³-hybridized carbons (Fsp3) is 0.368. The topological polar surface area (TPSA) is 47.5 Å². The zero-order valence-electron chi connectivity index (χ0n) is 14.9. The van der Waals surface area contributed by atoms with Gasteiger partial charge in [-0.3, -0.25) is 0 Å². The number of methoxy groups -OCH3 is 1. The van der Waals surface area contributed by atoms with Crippen LogP contribution >= 0.6 is 22.9 Å². The molecule has 2 atom stereocenters. The highest BCUT2D eigenvalue weighted by Gasteiger charge is 2.27. The third-order valence-electron chi connectivity index (χ3n) is 4.51. The molecule has 1 saturated heterocycles. The van der Waals surface area contributed by atoms with E-state index in [0.29, 0.717) is 0 Å². The molecular formula is C19H20ClN3O2S. The monoisotopic (exact) mass is 389 g/mol. The van der Waals surface area contributed by atoms with Crippen LogP contribution in [0, 0.1) is 0 Å². The molecule has 26 heavy (non-hydrogen) atoms. The SMILES string of the molecule is COc1ccc(-c2csc3nc(Cl)nc(N4CC(C)OC(C)C4)c23)cc1. The molecule has 3 aromatic rings. The summed E-state index contributed by atoms with van der Waals surface area (Å²) in [5.74, 6) is 1.72. The molecule has 136 valence electrons. The van der Waals surface area contributed by atoms with Crippen LogP contribution in [0.15, 0.2) is 29.6 Å². The maximum atomic E-state index is 6.22. The van der Waals surface area contributed by atoms with E-state index in [-0.39, 0.29) is 17.5 Å². The van der Waals surface area contributed by atoms with E-state index < -0.39 is 0 Å². The lowest BCUT2D eigenvalue weighted by Gasteiger charge is -2.36. The van der Waals surface area contributed by atoms with E-state index in [0.717, 1.165) is 46.0 Å². The molecular weight excluding hydrogens is 370 g/mol. The number of fused-ring (bicyclic) bond motifs is 1. The first kappa shape index (κ1) is 17.5. The van der Waals surface area contributed by atoms with Crippen LogP contribution in [-0.4, -0.2) is 42.4 Å². The second kappa shape index (κ2) is 7.02. The quantitative estimate of drug-likeness (QED) is 0.611. The van der Waals surface area contributed by atoms with Gasteiger partial charge in [-0.2, -0.15) is 4.98 Å². The van der Waals surface area contributed by atoms with E-state index in [4.69, 9.17) is 21.1 Å². The molecule has 0 amide bonds. The van der Waals surface area contributed by atoms with Gasteiger partial charge in [0, 0.05) is 24.0 Å². The summed E-state index contributed by atoms with van der Waals surface area (Å²) in [6, 6.07) is 8.05. The van der Waals surface area contributed by atoms with Crippen molar-refractivity contribution in [1.29, 1.82) is 0 Å². The maximum Gasteiger partial charge on any atom is 0.225 e. The number of benzene rings is 1. The van der Waals surface area contributed by atoms with Gasteiger partial charge < -0.3 is 14.4 Å². The molecule has 7 heteroatoms. The van der Waals surface area contributed by atoms with E-state index in [9.17, 15) is 0 Å². The van der Waals surface area contributed by atoms with Crippen LogP contribution in [-0.2, 0) is 4.74 Å². The molecule has 4 rings (SSSR count). The Kier molecular flexibility index (Phi) is 4.73. The Hall–Kier alpha value is -1.89. The van der Waals surface area contributed by atoms with Gasteiger partial charge >= 0.3 is 0 Å². The Morgan fingerprint density at radius 3 is 2.50 bits per heavy atom. The van der Waals surface area contributed by atoms with Gasteiger partial charge in [-0.1, -0.05) is 12.1 Å². The van der Waals surface area contributed by atoms with Crippen molar-refractivity contribution in [3.63, 3.8) is 0 Å². The number of rotatable bonds is 3. The standard InChI is InChI=1S/C19H20ClN3O2S/c1-11-8-23(9-12(2)25-11)17-16-15(10-26-18(16)22-19(20)21-17)13-4-6-14(24-3)7-5-13/h4-7,10-12H,8-9H2,1-3H3. The lowest BCUT2D eigenvalue weighted by atomic mass is 10.1. The molecule has 0 N–H and O–H groups in total. The second-order valence-corrected chi connectivity index (χ2v) is 7.73. The third kappa shape index (κ3) is 3.24. The van der Waals surface area contributed by atoms with Crippen molar-refractivity contribution < 1.29 is 9.47 Å². The lowest BCUT2D eigenvalue weighted by Crippen LogP contribution is -2.46. The van der Waals surface area contributed by atoms with Gasteiger partial charge in [-0.25, -0.2) is 4.98 Å². The zero-order chi connectivity index (χ0) is 18.3. The Labute approximate surface area is 161 Å². The molecule has 1 aliphatic heterocycles. The van der Waals surface area contributed by atoms with Gasteiger partial charge in [0.1, 0.15) is 16.4 Å². The summed E-state index contributed by atoms with van der Waals surface area (Å²) in [7, 11) is 1.67. The van der Waals surface area contributed by atoms with Crippen LogP contribution in [0.3, 0.4) is 0 Å². The molecule has 0 bridgehead atoms. The van der Waals surface area contributed by atoms with Crippen LogP contribution in [0.2, 0.25) is 5.28 Å². The van der Waals surface area contributed by atoms with E-state index in [1.165, 1.54) is 0 Å². The highest BCUT2D eigenvalue weighted by atomic mass is 35.5. The van der Waals surface area contributed by atoms with Crippen LogP contribution in [0.4, 0.5) is 5.82 Å². The number of hydrogen-bond donors (Lipinski definition) is 0. The Morgan fingerprint density at radius 1 is 1.15 bits per heavy atom. The van der Waals surface area contributed by atoms with Gasteiger partial charge in [0.05, 0.1) is 24.7 Å². The average Bonchev–Trinajstić information content (AvgIpc) is 3.04. The van der Waals surface area contributed by atoms with Crippen molar-refractivity contribution in [1.82, 2.24) is 9.97 Å². The number of hydrogen-bond acceptors (Lipinski definition) is 6. The van der Waals surface area contributed by atoms with Crippen molar-refractivity contribution in [2.75, 3.05) is 25.1 Å². The van der Waals surface area contributed by atoms with Crippen LogP contribution in [0.25, 0.3) is 21.3 Å². The van der Waals surface area contributed by atoms with E-state index in [2.05, 4.69) is 46.2 Å². The van der Waals surface area contributed by atoms with Crippen molar-refractivity contribution in [3.05, 3.63) is 34.9 Å². The summed E-state index contributed by atoms with van der Waals surface area (Å²) in [6.45, 7) is 5.73. The molecule has 5 nitrogen and oxygen atoms in total. The molecule has 0 saturated carbocycles. The molecule has 3 heterocycles. The minimum Gasteiger partial charge on any atom is -0.497 e. The Bertz CT molecular complexity index is 918. The minimum atomic E-state index is 0.144. The third-order valence-corrected chi connectivity index (χ3v) is 5.55. The molecule has 2 aromatic heterocycles. The summed E-state index contributed by atoms with van der Waals surface area (Å²) in [4.78, 5) is 12.2. The van der Waals surface area contributed by atoms with E-state index in [1.807, 2.05) is 12.1 Å². The summed E-state index contributed by atoms with van der Waals surface area (Å²) < 4.78 is 11.1. The fourth-order valence-electron chi connectivity index (χ4n) is 3.46. The van der Waals surface area contributed by atoms with Gasteiger partial charge in [-0.15, -0.1) is 11.3 Å². The molecule has 2 unspecified atom stereocenters. The maximum absolute atomic E-state index is 6.22. The molecule has 1 fully saturated rings. The summed E-state index contributed by atoms with van der Waals surface area (Å²) in [5.41, 5.74) is 2.23. The second-order valence-electron chi connectivity index (χ2n) is 6.54. The number of nitrogens with zero attached hydrogens (tertiary/aromatic N) is 3. The van der Waals surface area contributed by atoms with Gasteiger partial charge in [0.15, 0.2) is 0 Å². The van der Waals surface area contributed by atoms with Crippen LogP contribution in [0.1, 0.15) is 13.8 Å². The zero-order valence-corrected chi connectivity index (χ0v) is 16.5. The minimum absolute atomic E-state index is 0.144. The number of thiophene rings is 1. The number of anilines is 1. The number of aromatic nitrogens is 2. The van der Waals surface area contributed by atoms with Crippen molar-refractivity contribution in [3.8, 4) is 16.9 Å². The highest BCUT2D eigenvalue weighted by Crippen LogP contribution is 2.40. The summed E-state index contributed by atoms with van der Waals surface area (Å²) in [6.07, 6.45) is 0.288. The predicted molar refractivity (Wildman–Crippen MR) is 107 cm³/mol. The van der Waals surface area contributed by atoms with Crippen LogP contribution in [0.5, 0.6) is 5.75 Å². The molecule has 0 radical (unpaired) electrons. The average molecular weight is 390 g/mol. The highest BCUT2D eigenvalue weighted by molar-refractivity contribution is 7.17. The van der Waals surface area contributed by atoms with Crippen molar-refractivity contribution in [2.45, 2.75) is 26.1 Å². The first-order valence-corrected chi connectivity index (χ1v) is 9.80. The lowest BCUT2D eigenvalue weighted by molar-refractivity contribution is -0.00537. The molecule has 1 aliphatic rings. The normalized spacial score (nSPS) is 20.5. The largest absolute Gasteiger partial charge is 0.497 e. The summed E-state index contributed by atoms with van der Waals surface area (Å²) >= 11 is 7.81. The molecule has 0 aliphatic carbocycles. The number of ether oxygens (including phenoxy) is 2. The molecule has 1 aromatic carbocycles. The summed E-state index contributed by atoms with van der Waals surface area (Å²) in [5, 5.41) is 3.45. The first-order valence-electron chi connectivity index (χ1n) is 8.54. The smallest absolute Gasteiger partial charge is 0.225 e. The van der Waals surface area contributed by atoms with E-state index >= 15 is 0 Å². The van der Waals surface area contributed by atoms with Gasteiger partial charge in [0.2, 0.25) is 5.28 Å². The fourth-order valence-corrected chi connectivity index (χ4v) is 4.62. The number of morpholine rings is 1. The van der Waals surface area contributed by atoms with Crippen molar-refractivity contribution in [2.24, 2.45) is 0 Å². The van der Waals surface area contributed by atoms with Gasteiger partial charge in [0.25, 0.3) is 0 Å². The predicted octanol–water partition coefficient (Wildman–Crippen LogP) is 4.63. The van der Waals surface area contributed by atoms with Crippen LogP contribution < -0.4 is 9.64 Å². The van der Waals surface area contributed by atoms with E-state index in [1.54, 1.807) is 18.4 Å².